The number of hydrogen-bond donors (Lipinski definition) is 2. The Bertz CT molecular complexity index is 715. The van der Waals surface area contributed by atoms with Crippen molar-refractivity contribution in [2.45, 2.75) is 43.6 Å². The number of amides is 1. The van der Waals surface area contributed by atoms with E-state index < -0.39 is 34.5 Å². The maximum atomic E-state index is 12.2. The summed E-state index contributed by atoms with van der Waals surface area (Å²) in [6.45, 7) is 0.759. The second kappa shape index (κ2) is 7.10. The Morgan fingerprint density at radius 2 is 1.91 bits per heavy atom. The lowest BCUT2D eigenvalue weighted by Gasteiger charge is -2.16. The highest BCUT2D eigenvalue weighted by Crippen LogP contribution is 2.23. The van der Waals surface area contributed by atoms with Gasteiger partial charge >= 0.3 is 5.97 Å². The fraction of sp³-hybridized carbons (Fsp3) is 0.467. The van der Waals surface area contributed by atoms with Gasteiger partial charge in [-0.3, -0.25) is 9.59 Å². The van der Waals surface area contributed by atoms with E-state index in [2.05, 4.69) is 4.72 Å². The number of fused-ring (bicyclic) bond motifs is 1. The van der Waals surface area contributed by atoms with Crippen LogP contribution in [-0.4, -0.2) is 32.9 Å². The first kappa shape index (κ1) is 17.4. The third-order valence-electron chi connectivity index (χ3n) is 3.75. The Morgan fingerprint density at radius 1 is 1.26 bits per heavy atom. The Kier molecular flexibility index (Phi) is 5.38. The van der Waals surface area contributed by atoms with Crippen LogP contribution in [0.3, 0.4) is 0 Å². The molecule has 0 bridgehead atoms. The third-order valence-corrected chi connectivity index (χ3v) is 5.14. The van der Waals surface area contributed by atoms with Crippen molar-refractivity contribution < 1.29 is 22.7 Å². The molecule has 126 valence electrons. The molecule has 1 aromatic rings. The lowest BCUT2D eigenvalue weighted by molar-refractivity contribution is -0.152. The number of benzene rings is 1. The summed E-state index contributed by atoms with van der Waals surface area (Å²) in [5, 5.41) is 0. The highest BCUT2D eigenvalue weighted by molar-refractivity contribution is 7.89. The molecule has 23 heavy (non-hydrogen) atoms. The molecule has 7 nitrogen and oxygen atoms in total. The molecule has 1 aromatic carbocycles. The summed E-state index contributed by atoms with van der Waals surface area (Å²) in [7, 11) is -3.81. The molecule has 0 aliphatic heterocycles. The van der Waals surface area contributed by atoms with Gasteiger partial charge in [0.25, 0.3) is 5.91 Å². The number of aryl methyl sites for hydroxylation is 2. The minimum absolute atomic E-state index is 0.119. The maximum Gasteiger partial charge on any atom is 0.321 e. The summed E-state index contributed by atoms with van der Waals surface area (Å²) in [5.41, 5.74) is 7.17. The number of hydrogen-bond acceptors (Lipinski definition) is 5. The molecule has 0 unspecified atom stereocenters. The van der Waals surface area contributed by atoms with E-state index in [0.29, 0.717) is 0 Å². The molecule has 0 heterocycles. The lowest BCUT2D eigenvalue weighted by Crippen LogP contribution is -2.36. The van der Waals surface area contributed by atoms with Crippen molar-refractivity contribution in [1.82, 2.24) is 4.72 Å². The van der Waals surface area contributed by atoms with Gasteiger partial charge in [-0.25, -0.2) is 8.42 Å². The van der Waals surface area contributed by atoms with Crippen LogP contribution in [0.4, 0.5) is 0 Å². The van der Waals surface area contributed by atoms with Crippen molar-refractivity contribution in [3.8, 4) is 0 Å². The predicted molar refractivity (Wildman–Crippen MR) is 83.0 cm³/mol. The van der Waals surface area contributed by atoms with Crippen molar-refractivity contribution in [3.63, 3.8) is 0 Å². The standard InChI is InChI=1S/C15H20N2O5S/c1-10(15(16)19)22-14(18)9-17-23(20,21)13-7-6-11-4-2-3-5-12(11)8-13/h6-8,10,17H,2-5,9H2,1H3,(H2,16,19)/t10-/m0/s1. The van der Waals surface area contributed by atoms with E-state index in [1.54, 1.807) is 6.07 Å². The lowest BCUT2D eigenvalue weighted by atomic mass is 9.92. The van der Waals surface area contributed by atoms with Gasteiger partial charge in [-0.05, 0) is 55.9 Å². The van der Waals surface area contributed by atoms with Crippen molar-refractivity contribution in [2.75, 3.05) is 6.54 Å². The van der Waals surface area contributed by atoms with Crippen LogP contribution in [0.2, 0.25) is 0 Å². The molecule has 1 atom stereocenters. The summed E-state index contributed by atoms with van der Waals surface area (Å²) >= 11 is 0. The van der Waals surface area contributed by atoms with E-state index in [-0.39, 0.29) is 4.90 Å². The van der Waals surface area contributed by atoms with Gasteiger partial charge in [0.05, 0.1) is 4.90 Å². The number of nitrogens with one attached hydrogen (secondary N) is 1. The van der Waals surface area contributed by atoms with Gasteiger partial charge in [0.2, 0.25) is 10.0 Å². The van der Waals surface area contributed by atoms with E-state index in [1.807, 2.05) is 6.07 Å². The summed E-state index contributed by atoms with van der Waals surface area (Å²) in [4.78, 5) is 22.4. The number of rotatable bonds is 6. The molecule has 8 heteroatoms. The molecule has 0 aromatic heterocycles. The quantitative estimate of drug-likeness (QED) is 0.721. The number of nitrogens with two attached hydrogens (primary N) is 1. The molecule has 3 N–H and O–H groups in total. The van der Waals surface area contributed by atoms with Crippen molar-refractivity contribution >= 4 is 21.9 Å². The molecule has 1 aliphatic rings. The molecular formula is C15H20N2O5S. The molecule has 0 spiro atoms. The first-order valence-electron chi connectivity index (χ1n) is 7.40. The van der Waals surface area contributed by atoms with Gasteiger partial charge in [0.15, 0.2) is 6.10 Å². The van der Waals surface area contributed by atoms with Gasteiger partial charge in [-0.2, -0.15) is 4.72 Å². The van der Waals surface area contributed by atoms with Crippen LogP contribution in [0.15, 0.2) is 23.1 Å². The van der Waals surface area contributed by atoms with Gasteiger partial charge in [0.1, 0.15) is 6.54 Å². The molecule has 0 saturated heterocycles. The summed E-state index contributed by atoms with van der Waals surface area (Å²) in [6, 6.07) is 4.99. The Labute approximate surface area is 135 Å². The number of primary amides is 1. The van der Waals surface area contributed by atoms with E-state index in [4.69, 9.17) is 10.5 Å². The fourth-order valence-corrected chi connectivity index (χ4v) is 3.43. The number of sulfonamides is 1. The van der Waals surface area contributed by atoms with Crippen LogP contribution in [0.1, 0.15) is 30.9 Å². The van der Waals surface area contributed by atoms with Crippen LogP contribution in [0.25, 0.3) is 0 Å². The molecule has 1 amide bonds. The highest BCUT2D eigenvalue weighted by Gasteiger charge is 2.20. The zero-order valence-corrected chi connectivity index (χ0v) is 13.7. The van der Waals surface area contributed by atoms with Gasteiger partial charge in [-0.1, -0.05) is 6.07 Å². The average Bonchev–Trinajstić information content (AvgIpc) is 2.52. The first-order chi connectivity index (χ1) is 10.8. The summed E-state index contributed by atoms with van der Waals surface area (Å²) in [5.74, 6) is -1.66. The van der Waals surface area contributed by atoms with E-state index in [1.165, 1.54) is 18.6 Å². The smallest absolute Gasteiger partial charge is 0.321 e. The SMILES string of the molecule is C[C@H](OC(=O)CNS(=O)(=O)c1ccc2c(c1)CCCC2)C(N)=O. The second-order valence-corrected chi connectivity index (χ2v) is 7.26. The van der Waals surface area contributed by atoms with E-state index >= 15 is 0 Å². The van der Waals surface area contributed by atoms with Gasteiger partial charge in [0, 0.05) is 0 Å². The molecule has 2 rings (SSSR count). The molecule has 0 radical (unpaired) electrons. The van der Waals surface area contributed by atoms with E-state index in [9.17, 15) is 18.0 Å². The van der Waals surface area contributed by atoms with Crippen LogP contribution < -0.4 is 10.5 Å². The maximum absolute atomic E-state index is 12.2. The Hall–Kier alpha value is -1.93. The molecule has 1 aliphatic carbocycles. The summed E-state index contributed by atoms with van der Waals surface area (Å²) < 4.78 is 31.3. The number of carbonyl (C=O) groups excluding carboxylic acids is 2. The topological polar surface area (TPSA) is 116 Å². The highest BCUT2D eigenvalue weighted by atomic mass is 32.2. The van der Waals surface area contributed by atoms with Crippen molar-refractivity contribution in [1.29, 1.82) is 0 Å². The second-order valence-electron chi connectivity index (χ2n) is 5.50. The van der Waals surface area contributed by atoms with Crippen LogP contribution in [0, 0.1) is 0 Å². The minimum atomic E-state index is -3.81. The van der Waals surface area contributed by atoms with Gasteiger partial charge in [-0.15, -0.1) is 0 Å². The fourth-order valence-electron chi connectivity index (χ4n) is 2.41. The molecular weight excluding hydrogens is 320 g/mol. The normalized spacial score (nSPS) is 15.5. The Morgan fingerprint density at radius 3 is 2.57 bits per heavy atom. The van der Waals surface area contributed by atoms with Crippen LogP contribution in [0.5, 0.6) is 0 Å². The van der Waals surface area contributed by atoms with Crippen molar-refractivity contribution in [3.05, 3.63) is 29.3 Å². The van der Waals surface area contributed by atoms with Crippen LogP contribution >= 0.6 is 0 Å². The minimum Gasteiger partial charge on any atom is -0.452 e. The van der Waals surface area contributed by atoms with Crippen molar-refractivity contribution in [2.24, 2.45) is 5.73 Å². The zero-order valence-electron chi connectivity index (χ0n) is 12.9. The average molecular weight is 340 g/mol. The monoisotopic (exact) mass is 340 g/mol. The predicted octanol–water partition coefficient (Wildman–Crippen LogP) is 0.261. The number of carbonyl (C=O) groups is 2. The Balaban J connectivity index is 2.02. The molecule has 0 fully saturated rings. The first-order valence-corrected chi connectivity index (χ1v) is 8.88. The number of esters is 1. The number of ether oxygens (including phenoxy) is 1. The van der Waals surface area contributed by atoms with Crippen LogP contribution in [-0.2, 0) is 37.2 Å². The van der Waals surface area contributed by atoms with Gasteiger partial charge < -0.3 is 10.5 Å². The largest absolute Gasteiger partial charge is 0.452 e. The molecule has 0 saturated carbocycles. The van der Waals surface area contributed by atoms with E-state index in [0.717, 1.165) is 31.2 Å². The third kappa shape index (κ3) is 4.52. The zero-order chi connectivity index (χ0) is 17.0. The summed E-state index contributed by atoms with van der Waals surface area (Å²) in [6.07, 6.45) is 2.87.